The first kappa shape index (κ1) is 21.0. The topological polar surface area (TPSA) is 26.3 Å². The molecule has 1 aliphatic carbocycles. The lowest BCUT2D eigenvalue weighted by atomic mass is 9.55. The lowest BCUT2D eigenvalue weighted by Crippen LogP contribution is -2.49. The van der Waals surface area contributed by atoms with Crippen LogP contribution in [0.5, 0.6) is 0 Å². The highest BCUT2D eigenvalue weighted by Crippen LogP contribution is 2.54. The van der Waals surface area contributed by atoms with Crippen molar-refractivity contribution in [2.24, 2.45) is 17.3 Å². The summed E-state index contributed by atoms with van der Waals surface area (Å²) in [5.41, 5.74) is -1.35. The first-order valence-electron chi connectivity index (χ1n) is 7.14. The molecule has 1 aromatic rings. The molecule has 2 unspecified atom stereocenters. The second-order valence-corrected chi connectivity index (χ2v) is 8.59. The highest BCUT2D eigenvalue weighted by Gasteiger charge is 2.54. The molecule has 0 radical (unpaired) electrons. The van der Waals surface area contributed by atoms with Crippen molar-refractivity contribution in [2.75, 3.05) is 0 Å². The molecule has 0 bridgehead atoms. The molecule has 2 nitrogen and oxygen atoms in total. The third-order valence-corrected chi connectivity index (χ3v) is 5.79. The van der Waals surface area contributed by atoms with Gasteiger partial charge in [0.25, 0.3) is 0 Å². The third-order valence-electron chi connectivity index (χ3n) is 4.51. The summed E-state index contributed by atoms with van der Waals surface area (Å²) in [7, 11) is 0. The number of carbonyl (C=O) groups excluding carboxylic acids is 1. The van der Waals surface area contributed by atoms with Crippen LogP contribution in [0.1, 0.15) is 25.8 Å². The normalized spacial score (nSPS) is 22.1. The number of benzene rings is 1. The Hall–Kier alpha value is -0.260. The average Bonchev–Trinajstić information content (AvgIpc) is 2.45. The quantitative estimate of drug-likeness (QED) is 0.356. The van der Waals surface area contributed by atoms with E-state index in [-0.39, 0.29) is 25.5 Å². The summed E-state index contributed by atoms with van der Waals surface area (Å²) in [6, 6.07) is 1.95. The minimum atomic E-state index is -3.94. The number of carbonyl (C=O) groups is 1. The van der Waals surface area contributed by atoms with Crippen LogP contribution in [0.25, 0.3) is 0 Å². The van der Waals surface area contributed by atoms with Crippen LogP contribution in [0.3, 0.4) is 0 Å². The molecule has 0 spiro atoms. The molecular formula is C16H13Cl5F2O2. The van der Waals surface area contributed by atoms with Crippen molar-refractivity contribution in [3.63, 3.8) is 0 Å². The van der Waals surface area contributed by atoms with E-state index in [4.69, 9.17) is 58.0 Å². The molecule has 0 N–H and O–H groups in total. The standard InChI is InChI=1S/C16H13Cl5F2O2/c1-15(2)7(4-13(20)21)3-9(15)14(24)25-16(22,23)8-5-11(18)12(19)6-10(8)17/h4-7,9H,3H2,1-2H3. The van der Waals surface area contributed by atoms with Crippen molar-refractivity contribution in [1.82, 2.24) is 0 Å². The molecule has 0 aromatic heterocycles. The van der Waals surface area contributed by atoms with Crippen LogP contribution in [0.15, 0.2) is 22.7 Å². The largest absolute Gasteiger partial charge is 0.430 e. The van der Waals surface area contributed by atoms with Crippen LogP contribution in [0.2, 0.25) is 15.1 Å². The molecule has 1 fully saturated rings. The van der Waals surface area contributed by atoms with Crippen molar-refractivity contribution < 1.29 is 18.3 Å². The van der Waals surface area contributed by atoms with Gasteiger partial charge >= 0.3 is 12.1 Å². The van der Waals surface area contributed by atoms with Gasteiger partial charge in [-0.25, -0.2) is 0 Å². The lowest BCUT2D eigenvalue weighted by Gasteiger charge is -2.49. The molecular weight excluding hydrogens is 439 g/mol. The van der Waals surface area contributed by atoms with E-state index in [1.54, 1.807) is 19.9 Å². The number of hydrogen-bond donors (Lipinski definition) is 0. The van der Waals surface area contributed by atoms with E-state index in [1.165, 1.54) is 0 Å². The minimum absolute atomic E-state index is 0.0188. The molecule has 0 saturated heterocycles. The van der Waals surface area contributed by atoms with Crippen molar-refractivity contribution in [3.05, 3.63) is 43.3 Å². The smallest absolute Gasteiger partial charge is 0.397 e. The Balaban J connectivity index is 2.18. The molecule has 0 aliphatic heterocycles. The number of rotatable bonds is 4. The summed E-state index contributed by atoms with van der Waals surface area (Å²) < 4.78 is 33.3. The van der Waals surface area contributed by atoms with E-state index in [1.807, 2.05) is 0 Å². The van der Waals surface area contributed by atoms with Gasteiger partial charge < -0.3 is 4.74 Å². The average molecular weight is 453 g/mol. The molecule has 2 atom stereocenters. The van der Waals surface area contributed by atoms with Gasteiger partial charge in [0.2, 0.25) is 0 Å². The van der Waals surface area contributed by atoms with Crippen LogP contribution >= 0.6 is 58.0 Å². The highest BCUT2D eigenvalue weighted by atomic mass is 35.5. The number of esters is 1. The first-order chi connectivity index (χ1) is 11.4. The Morgan fingerprint density at radius 1 is 1.20 bits per heavy atom. The zero-order valence-corrected chi connectivity index (χ0v) is 16.8. The van der Waals surface area contributed by atoms with E-state index in [9.17, 15) is 13.6 Å². The molecule has 0 heterocycles. The second kappa shape index (κ2) is 7.40. The van der Waals surface area contributed by atoms with Crippen molar-refractivity contribution >= 4 is 64.0 Å². The molecule has 9 heteroatoms. The van der Waals surface area contributed by atoms with Crippen LogP contribution in [0.4, 0.5) is 8.78 Å². The van der Waals surface area contributed by atoms with Crippen molar-refractivity contribution in [3.8, 4) is 0 Å². The minimum Gasteiger partial charge on any atom is -0.397 e. The predicted octanol–water partition coefficient (Wildman–Crippen LogP) is 7.22. The second-order valence-electron chi connectivity index (χ2n) is 6.36. The maximum absolute atomic E-state index is 14.4. The van der Waals surface area contributed by atoms with Gasteiger partial charge in [-0.15, -0.1) is 0 Å². The molecule has 1 aromatic carbocycles. The predicted molar refractivity (Wildman–Crippen MR) is 96.6 cm³/mol. The SMILES string of the molecule is CC1(C)C(C=C(Cl)Cl)CC1C(=O)OC(F)(F)c1cc(Cl)c(Cl)cc1Cl. The summed E-state index contributed by atoms with van der Waals surface area (Å²) in [5.74, 6) is -1.88. The lowest BCUT2D eigenvalue weighted by molar-refractivity contribution is -0.251. The van der Waals surface area contributed by atoms with Crippen LogP contribution < -0.4 is 0 Å². The van der Waals surface area contributed by atoms with Gasteiger partial charge in [-0.1, -0.05) is 77.9 Å². The van der Waals surface area contributed by atoms with E-state index < -0.39 is 29.0 Å². The summed E-state index contributed by atoms with van der Waals surface area (Å²) in [6.45, 7) is 3.51. The number of halogens is 7. The Labute approximate surface area is 169 Å². The van der Waals surface area contributed by atoms with Crippen LogP contribution in [-0.4, -0.2) is 5.97 Å². The van der Waals surface area contributed by atoms with Gasteiger partial charge in [0, 0.05) is 0 Å². The number of ether oxygens (including phenoxy) is 1. The van der Waals surface area contributed by atoms with Gasteiger partial charge in [0.05, 0.1) is 26.5 Å². The first-order valence-corrected chi connectivity index (χ1v) is 9.03. The van der Waals surface area contributed by atoms with Crippen molar-refractivity contribution in [2.45, 2.75) is 26.4 Å². The number of allylic oxidation sites excluding steroid dienone is 1. The monoisotopic (exact) mass is 450 g/mol. The fourth-order valence-electron chi connectivity index (χ4n) is 2.79. The van der Waals surface area contributed by atoms with Crippen LogP contribution in [0, 0.1) is 17.3 Å². The van der Waals surface area contributed by atoms with Gasteiger partial charge in [-0.2, -0.15) is 8.78 Å². The van der Waals surface area contributed by atoms with Crippen molar-refractivity contribution in [1.29, 1.82) is 0 Å². The fourth-order valence-corrected chi connectivity index (χ4v) is 3.75. The van der Waals surface area contributed by atoms with E-state index in [0.29, 0.717) is 6.42 Å². The van der Waals surface area contributed by atoms with E-state index >= 15 is 0 Å². The number of alkyl halides is 2. The van der Waals surface area contributed by atoms with E-state index in [0.717, 1.165) is 12.1 Å². The molecule has 138 valence electrons. The summed E-state index contributed by atoms with van der Waals surface area (Å²) >= 11 is 28.5. The maximum Gasteiger partial charge on any atom is 0.430 e. The van der Waals surface area contributed by atoms with E-state index in [2.05, 4.69) is 4.74 Å². The Morgan fingerprint density at radius 3 is 2.28 bits per heavy atom. The molecule has 2 rings (SSSR count). The van der Waals surface area contributed by atoms with Gasteiger partial charge in [0.1, 0.15) is 4.49 Å². The molecule has 25 heavy (non-hydrogen) atoms. The van der Waals surface area contributed by atoms with Gasteiger partial charge in [-0.05, 0) is 29.9 Å². The zero-order valence-electron chi connectivity index (χ0n) is 13.1. The fraction of sp³-hybridized carbons (Fsp3) is 0.438. The van der Waals surface area contributed by atoms with Gasteiger partial charge in [0.15, 0.2) is 0 Å². The Kier molecular flexibility index (Phi) is 6.23. The Morgan fingerprint density at radius 2 is 1.76 bits per heavy atom. The third kappa shape index (κ3) is 4.36. The number of hydrogen-bond acceptors (Lipinski definition) is 2. The summed E-state index contributed by atoms with van der Waals surface area (Å²) in [4.78, 5) is 12.2. The zero-order chi connectivity index (χ0) is 19.2. The Bertz CT molecular complexity index is 729. The summed E-state index contributed by atoms with van der Waals surface area (Å²) in [6.07, 6.45) is -2.05. The maximum atomic E-state index is 14.4. The molecule has 1 saturated carbocycles. The van der Waals surface area contributed by atoms with Gasteiger partial charge in [-0.3, -0.25) is 4.79 Å². The van der Waals surface area contributed by atoms with Crippen LogP contribution in [-0.2, 0) is 15.6 Å². The molecule has 1 aliphatic rings. The highest BCUT2D eigenvalue weighted by molar-refractivity contribution is 6.55. The summed E-state index contributed by atoms with van der Waals surface area (Å²) in [5, 5.41) is -0.456. The molecule has 0 amide bonds.